The van der Waals surface area contributed by atoms with E-state index >= 15 is 0 Å². The summed E-state index contributed by atoms with van der Waals surface area (Å²) in [5.74, 6) is 0.261. The van der Waals surface area contributed by atoms with Crippen molar-refractivity contribution in [2.24, 2.45) is 0 Å². The van der Waals surface area contributed by atoms with Gasteiger partial charge in [0.1, 0.15) is 11.8 Å². The predicted octanol–water partition coefficient (Wildman–Crippen LogP) is 3.21. The van der Waals surface area contributed by atoms with Crippen LogP contribution in [0.15, 0.2) is 48.5 Å². The van der Waals surface area contributed by atoms with Crippen LogP contribution in [0.5, 0.6) is 5.75 Å². The minimum absolute atomic E-state index is 0.251. The molecule has 7 nitrogen and oxygen atoms in total. The van der Waals surface area contributed by atoms with E-state index in [4.69, 9.17) is 16.3 Å². The summed E-state index contributed by atoms with van der Waals surface area (Å²) < 4.78 is 5.23. The first-order valence-electron chi connectivity index (χ1n) is 9.48. The van der Waals surface area contributed by atoms with E-state index in [-0.39, 0.29) is 11.9 Å². The van der Waals surface area contributed by atoms with Crippen LogP contribution in [0.3, 0.4) is 0 Å². The fourth-order valence-electron chi connectivity index (χ4n) is 3.17. The van der Waals surface area contributed by atoms with E-state index in [0.29, 0.717) is 42.6 Å². The van der Waals surface area contributed by atoms with Crippen molar-refractivity contribution < 1.29 is 14.3 Å². The van der Waals surface area contributed by atoms with Gasteiger partial charge in [-0.25, -0.2) is 4.79 Å². The molecule has 0 bridgehead atoms. The largest absolute Gasteiger partial charge is 0.495 e. The molecule has 2 aromatic rings. The maximum Gasteiger partial charge on any atom is 0.318 e. The average Bonchev–Trinajstić information content (AvgIpc) is 2.74. The van der Waals surface area contributed by atoms with Crippen LogP contribution in [0.2, 0.25) is 5.02 Å². The van der Waals surface area contributed by atoms with Crippen molar-refractivity contribution in [3.63, 3.8) is 0 Å². The van der Waals surface area contributed by atoms with Crippen LogP contribution in [0.4, 0.5) is 16.2 Å². The van der Waals surface area contributed by atoms with E-state index in [1.54, 1.807) is 37.1 Å². The van der Waals surface area contributed by atoms with Gasteiger partial charge < -0.3 is 25.2 Å². The Hall–Kier alpha value is -2.93. The number of para-hydroxylation sites is 2. The van der Waals surface area contributed by atoms with Gasteiger partial charge in [0.05, 0.1) is 12.8 Å². The first kappa shape index (κ1) is 20.8. The average molecular weight is 417 g/mol. The number of halogens is 1. The molecule has 1 saturated heterocycles. The fraction of sp³-hybridized carbons (Fsp3) is 0.333. The Morgan fingerprint density at radius 3 is 2.48 bits per heavy atom. The normalized spacial score (nSPS) is 14.9. The lowest BCUT2D eigenvalue weighted by Gasteiger charge is -2.36. The van der Waals surface area contributed by atoms with Crippen LogP contribution in [-0.2, 0) is 4.79 Å². The third-order valence-corrected chi connectivity index (χ3v) is 5.07. The van der Waals surface area contributed by atoms with Gasteiger partial charge >= 0.3 is 6.03 Å². The number of carbonyl (C=O) groups excluding carboxylic acids is 2. The molecule has 1 aliphatic rings. The number of amides is 3. The van der Waals surface area contributed by atoms with Gasteiger partial charge in [0.2, 0.25) is 5.91 Å². The number of hydrogen-bond donors (Lipinski definition) is 2. The second kappa shape index (κ2) is 9.52. The summed E-state index contributed by atoms with van der Waals surface area (Å²) >= 11 is 6.06. The third-order valence-electron chi connectivity index (χ3n) is 4.84. The molecular weight excluding hydrogens is 392 g/mol. The Bertz CT molecular complexity index is 869. The van der Waals surface area contributed by atoms with E-state index in [0.717, 1.165) is 5.69 Å². The van der Waals surface area contributed by atoms with Crippen molar-refractivity contribution in [3.05, 3.63) is 53.6 Å². The Balaban J connectivity index is 1.50. The van der Waals surface area contributed by atoms with E-state index in [9.17, 15) is 9.59 Å². The summed E-state index contributed by atoms with van der Waals surface area (Å²) in [6, 6.07) is 13.9. The van der Waals surface area contributed by atoms with Crippen molar-refractivity contribution >= 4 is 34.9 Å². The minimum Gasteiger partial charge on any atom is -0.495 e. The number of nitrogens with zero attached hydrogens (tertiary/aromatic N) is 2. The lowest BCUT2D eigenvalue weighted by molar-refractivity contribution is -0.117. The molecule has 8 heteroatoms. The summed E-state index contributed by atoms with van der Waals surface area (Å²) in [5.41, 5.74) is 1.61. The zero-order valence-corrected chi connectivity index (χ0v) is 17.3. The summed E-state index contributed by atoms with van der Waals surface area (Å²) in [7, 11) is 1.54. The van der Waals surface area contributed by atoms with Crippen molar-refractivity contribution in [3.8, 4) is 5.75 Å². The molecule has 1 fully saturated rings. The molecule has 154 valence electrons. The molecule has 0 aromatic heterocycles. The highest BCUT2D eigenvalue weighted by Crippen LogP contribution is 2.23. The van der Waals surface area contributed by atoms with Gasteiger partial charge in [-0.3, -0.25) is 4.79 Å². The van der Waals surface area contributed by atoms with E-state index < -0.39 is 6.04 Å². The zero-order chi connectivity index (χ0) is 20.8. The molecule has 1 atom stereocenters. The number of benzene rings is 2. The molecule has 0 aliphatic carbocycles. The second-order valence-electron chi connectivity index (χ2n) is 6.81. The number of nitrogens with one attached hydrogen (secondary N) is 2. The van der Waals surface area contributed by atoms with Gasteiger partial charge in [-0.15, -0.1) is 0 Å². The highest BCUT2D eigenvalue weighted by molar-refractivity contribution is 6.30. The minimum atomic E-state index is -0.682. The maximum absolute atomic E-state index is 12.6. The zero-order valence-electron chi connectivity index (χ0n) is 16.5. The molecule has 0 radical (unpaired) electrons. The standard InChI is InChI=1S/C21H25ClN4O3/c1-15(20(27)24-18-8-3-4-9-19(18)29-2)23-21(28)26-12-10-25(11-13-26)17-7-5-6-16(22)14-17/h3-9,14-15H,10-13H2,1-2H3,(H,23,28)(H,24,27)/t15-/m1/s1. The van der Waals surface area contributed by atoms with Crippen LogP contribution < -0.4 is 20.3 Å². The topological polar surface area (TPSA) is 73.9 Å². The summed E-state index contributed by atoms with van der Waals surface area (Å²) in [5, 5.41) is 6.24. The fourth-order valence-corrected chi connectivity index (χ4v) is 3.36. The molecule has 29 heavy (non-hydrogen) atoms. The third kappa shape index (κ3) is 5.32. The van der Waals surface area contributed by atoms with Crippen LogP contribution in [0.25, 0.3) is 0 Å². The Labute approximate surface area is 175 Å². The molecule has 0 spiro atoms. The highest BCUT2D eigenvalue weighted by Gasteiger charge is 2.24. The van der Waals surface area contributed by atoms with E-state index in [1.165, 1.54) is 0 Å². The van der Waals surface area contributed by atoms with Crippen LogP contribution in [-0.4, -0.2) is 56.2 Å². The molecule has 1 aliphatic heterocycles. The molecule has 1 heterocycles. The Morgan fingerprint density at radius 1 is 1.07 bits per heavy atom. The monoisotopic (exact) mass is 416 g/mol. The summed E-state index contributed by atoms with van der Waals surface area (Å²) in [4.78, 5) is 28.9. The van der Waals surface area contributed by atoms with E-state index in [2.05, 4.69) is 15.5 Å². The van der Waals surface area contributed by atoms with Crippen molar-refractivity contribution in [1.29, 1.82) is 0 Å². The van der Waals surface area contributed by atoms with Gasteiger partial charge in [-0.2, -0.15) is 0 Å². The molecule has 0 unspecified atom stereocenters. The number of ether oxygens (including phenoxy) is 1. The first-order valence-corrected chi connectivity index (χ1v) is 9.85. The van der Waals surface area contributed by atoms with Crippen molar-refractivity contribution in [2.75, 3.05) is 43.5 Å². The first-order chi connectivity index (χ1) is 14.0. The molecule has 0 saturated carbocycles. The molecule has 2 N–H and O–H groups in total. The van der Waals surface area contributed by atoms with Crippen LogP contribution in [0.1, 0.15) is 6.92 Å². The maximum atomic E-state index is 12.6. The summed E-state index contributed by atoms with van der Waals surface area (Å²) in [6.45, 7) is 4.20. The van der Waals surface area contributed by atoms with E-state index in [1.807, 2.05) is 30.3 Å². The second-order valence-corrected chi connectivity index (χ2v) is 7.25. The van der Waals surface area contributed by atoms with Crippen LogP contribution in [0, 0.1) is 0 Å². The molecule has 3 amide bonds. The molecule has 2 aromatic carbocycles. The Kier molecular flexibility index (Phi) is 6.82. The Morgan fingerprint density at radius 2 is 1.79 bits per heavy atom. The summed E-state index contributed by atoms with van der Waals surface area (Å²) in [6.07, 6.45) is 0. The highest BCUT2D eigenvalue weighted by atomic mass is 35.5. The van der Waals surface area contributed by atoms with Gasteiger partial charge in [-0.05, 0) is 37.3 Å². The SMILES string of the molecule is COc1ccccc1NC(=O)[C@@H](C)NC(=O)N1CCN(c2cccc(Cl)c2)CC1. The van der Waals surface area contributed by atoms with Crippen molar-refractivity contribution in [2.45, 2.75) is 13.0 Å². The molecule has 3 rings (SSSR count). The lowest BCUT2D eigenvalue weighted by Crippen LogP contribution is -2.54. The van der Waals surface area contributed by atoms with Crippen LogP contribution >= 0.6 is 11.6 Å². The molecular formula is C21H25ClN4O3. The number of anilines is 2. The van der Waals surface area contributed by atoms with Crippen molar-refractivity contribution in [1.82, 2.24) is 10.2 Å². The predicted molar refractivity (Wildman–Crippen MR) is 115 cm³/mol. The number of carbonyl (C=O) groups is 2. The number of urea groups is 1. The van der Waals surface area contributed by atoms with Gasteiger partial charge in [0.25, 0.3) is 0 Å². The number of rotatable bonds is 5. The van der Waals surface area contributed by atoms with Gasteiger partial charge in [-0.1, -0.05) is 29.8 Å². The number of piperazine rings is 1. The number of methoxy groups -OCH3 is 1. The lowest BCUT2D eigenvalue weighted by atomic mass is 10.2. The van der Waals surface area contributed by atoms with Gasteiger partial charge in [0, 0.05) is 36.9 Å². The van der Waals surface area contributed by atoms with Gasteiger partial charge in [0.15, 0.2) is 0 Å². The number of hydrogen-bond acceptors (Lipinski definition) is 4. The quantitative estimate of drug-likeness (QED) is 0.784. The smallest absolute Gasteiger partial charge is 0.318 e.